The number of benzene rings is 1. The second-order valence-electron chi connectivity index (χ2n) is 6.53. The zero-order valence-electron chi connectivity index (χ0n) is 15.1. The third-order valence-electron chi connectivity index (χ3n) is 3.95. The lowest BCUT2D eigenvalue weighted by molar-refractivity contribution is -0.120. The summed E-state index contributed by atoms with van der Waals surface area (Å²) in [5.41, 5.74) is -0.728. The highest BCUT2D eigenvalue weighted by atomic mass is 35.5. The average Bonchev–Trinajstić information content (AvgIpc) is 2.63. The van der Waals surface area contributed by atoms with Gasteiger partial charge in [0.2, 0.25) is 11.7 Å². The number of nitrogens with one attached hydrogen (secondary N) is 3. The fourth-order valence-electron chi connectivity index (χ4n) is 2.39. The van der Waals surface area contributed by atoms with E-state index in [2.05, 4.69) is 20.6 Å². The molecule has 0 fully saturated rings. The van der Waals surface area contributed by atoms with Gasteiger partial charge in [-0.25, -0.2) is 9.37 Å². The summed E-state index contributed by atoms with van der Waals surface area (Å²) >= 11 is 5.68. The van der Waals surface area contributed by atoms with E-state index in [0.717, 1.165) is 5.56 Å². The van der Waals surface area contributed by atoms with Crippen LogP contribution in [-0.4, -0.2) is 33.4 Å². The van der Waals surface area contributed by atoms with Gasteiger partial charge in [0.15, 0.2) is 0 Å². The molecule has 0 saturated heterocycles. The molecular weight excluding hydrogens is 375 g/mol. The van der Waals surface area contributed by atoms with E-state index >= 15 is 0 Å². The van der Waals surface area contributed by atoms with E-state index in [4.69, 9.17) is 11.6 Å². The Morgan fingerprint density at radius 1 is 1.33 bits per heavy atom. The lowest BCUT2D eigenvalue weighted by Gasteiger charge is -2.25. The molecule has 9 heteroatoms. The second-order valence-corrected chi connectivity index (χ2v) is 6.91. The molecule has 1 heterocycles. The summed E-state index contributed by atoms with van der Waals surface area (Å²) in [5, 5.41) is 15.7. The number of H-pyrrole nitrogens is 1. The van der Waals surface area contributed by atoms with E-state index in [-0.39, 0.29) is 30.3 Å². The van der Waals surface area contributed by atoms with E-state index in [0.29, 0.717) is 12.4 Å². The Bertz CT molecular complexity index is 853. The van der Waals surface area contributed by atoms with E-state index in [1.807, 2.05) is 0 Å². The van der Waals surface area contributed by atoms with Gasteiger partial charge in [-0.3, -0.25) is 9.59 Å². The molecule has 1 aromatic heterocycles. The molecule has 2 rings (SSSR count). The first-order valence-corrected chi connectivity index (χ1v) is 8.91. The molecule has 0 atom stereocenters. The summed E-state index contributed by atoms with van der Waals surface area (Å²) in [4.78, 5) is 30.9. The van der Waals surface area contributed by atoms with Crippen molar-refractivity contribution in [2.24, 2.45) is 0 Å². The van der Waals surface area contributed by atoms with Crippen LogP contribution in [0.1, 0.15) is 30.9 Å². The van der Waals surface area contributed by atoms with Crippen LogP contribution in [0.5, 0.6) is 5.75 Å². The summed E-state index contributed by atoms with van der Waals surface area (Å²) in [6.07, 6.45) is -0.268. The molecule has 0 spiro atoms. The number of aromatic hydroxyl groups is 1. The molecule has 0 unspecified atom stereocenters. The van der Waals surface area contributed by atoms with Crippen molar-refractivity contribution < 1.29 is 14.3 Å². The Morgan fingerprint density at radius 3 is 2.63 bits per heavy atom. The topological polar surface area (TPSA) is 107 Å². The van der Waals surface area contributed by atoms with Gasteiger partial charge in [-0.1, -0.05) is 12.1 Å². The first-order chi connectivity index (χ1) is 12.7. The van der Waals surface area contributed by atoms with Crippen molar-refractivity contribution in [3.05, 3.63) is 57.5 Å². The van der Waals surface area contributed by atoms with Gasteiger partial charge in [-0.05, 0) is 31.5 Å². The predicted molar refractivity (Wildman–Crippen MR) is 100 cm³/mol. The van der Waals surface area contributed by atoms with E-state index in [9.17, 15) is 19.1 Å². The van der Waals surface area contributed by atoms with Gasteiger partial charge in [0, 0.05) is 19.0 Å². The molecule has 2 aromatic rings. The molecule has 0 radical (unpaired) electrons. The van der Waals surface area contributed by atoms with Crippen molar-refractivity contribution in [1.29, 1.82) is 0 Å². The number of nitrogens with zero attached hydrogens (tertiary/aromatic N) is 1. The fourth-order valence-corrected chi connectivity index (χ4v) is 2.49. The third kappa shape index (κ3) is 5.77. The van der Waals surface area contributed by atoms with Crippen LogP contribution in [0.15, 0.2) is 29.1 Å². The van der Waals surface area contributed by atoms with E-state index in [1.54, 1.807) is 26.0 Å². The normalized spacial score (nSPS) is 11.4. The summed E-state index contributed by atoms with van der Waals surface area (Å²) in [6.45, 7) is 4.28. The number of hydrogen-bond donors (Lipinski definition) is 4. The van der Waals surface area contributed by atoms with Crippen LogP contribution in [0.3, 0.4) is 0 Å². The molecule has 146 valence electrons. The maximum Gasteiger partial charge on any atom is 0.293 e. The van der Waals surface area contributed by atoms with Crippen LogP contribution >= 0.6 is 11.6 Å². The number of rotatable bonds is 8. The van der Waals surface area contributed by atoms with Gasteiger partial charge in [0.05, 0.1) is 17.7 Å². The Kier molecular flexibility index (Phi) is 6.92. The third-order valence-corrected chi connectivity index (χ3v) is 4.14. The zero-order valence-corrected chi connectivity index (χ0v) is 15.9. The first-order valence-electron chi connectivity index (χ1n) is 8.37. The van der Waals surface area contributed by atoms with Crippen LogP contribution in [-0.2, 0) is 23.3 Å². The number of alkyl halides is 1. The maximum atomic E-state index is 12.9. The van der Waals surface area contributed by atoms with Crippen LogP contribution in [0.4, 0.5) is 4.39 Å². The molecular formula is C18H22ClFN4O3. The second kappa shape index (κ2) is 8.96. The molecule has 27 heavy (non-hydrogen) atoms. The molecule has 1 aromatic carbocycles. The Hall–Kier alpha value is -2.45. The van der Waals surface area contributed by atoms with Gasteiger partial charge < -0.3 is 20.7 Å². The maximum absolute atomic E-state index is 12.9. The van der Waals surface area contributed by atoms with Crippen LogP contribution in [0.2, 0.25) is 0 Å². The zero-order chi connectivity index (χ0) is 20.0. The summed E-state index contributed by atoms with van der Waals surface area (Å²) in [7, 11) is 0. The van der Waals surface area contributed by atoms with Crippen molar-refractivity contribution >= 4 is 17.5 Å². The number of amides is 1. The highest BCUT2D eigenvalue weighted by molar-refractivity contribution is 6.18. The monoisotopic (exact) mass is 396 g/mol. The Labute approximate surface area is 161 Å². The predicted octanol–water partition coefficient (Wildman–Crippen LogP) is 1.54. The van der Waals surface area contributed by atoms with Crippen LogP contribution in [0.25, 0.3) is 0 Å². The van der Waals surface area contributed by atoms with Crippen LogP contribution < -0.4 is 16.2 Å². The van der Waals surface area contributed by atoms with Gasteiger partial charge in [-0.2, -0.15) is 0 Å². The van der Waals surface area contributed by atoms with Crippen molar-refractivity contribution in [2.75, 3.05) is 12.4 Å². The molecule has 4 N–H and O–H groups in total. The molecule has 7 nitrogen and oxygen atoms in total. The lowest BCUT2D eigenvalue weighted by Crippen LogP contribution is -2.41. The number of hydrogen-bond acceptors (Lipinski definition) is 5. The first kappa shape index (κ1) is 20.9. The van der Waals surface area contributed by atoms with E-state index in [1.165, 1.54) is 12.1 Å². The SMILES string of the molecule is CC(C)(NCCCl)c1nc(CC(=O)NCc2ccc(F)cc2)c(O)c(=O)[nH]1. The number of aromatic amines is 1. The number of aromatic nitrogens is 2. The quantitative estimate of drug-likeness (QED) is 0.506. The summed E-state index contributed by atoms with van der Waals surface area (Å²) in [5.74, 6) is -0.712. The molecule has 0 aliphatic carbocycles. The van der Waals surface area contributed by atoms with Gasteiger partial charge in [0.1, 0.15) is 11.6 Å². The average molecular weight is 397 g/mol. The standard InChI is InChI=1S/C18H22ClFN4O3/c1-18(2,22-8-7-19)17-23-13(15(26)16(27)24-17)9-14(25)21-10-11-3-5-12(20)6-4-11/h3-6,22,26H,7-10H2,1-2H3,(H,21,25)(H,23,24,27). The number of carbonyl (C=O) groups excluding carboxylic acids is 1. The minimum absolute atomic E-state index is 0.0221. The highest BCUT2D eigenvalue weighted by Gasteiger charge is 2.25. The van der Waals surface area contributed by atoms with E-state index < -0.39 is 22.8 Å². The number of halogens is 2. The van der Waals surface area contributed by atoms with Gasteiger partial charge in [0.25, 0.3) is 5.56 Å². The molecule has 0 aliphatic heterocycles. The van der Waals surface area contributed by atoms with Crippen LogP contribution in [0, 0.1) is 5.82 Å². The molecule has 0 aliphatic rings. The summed E-state index contributed by atoms with van der Waals surface area (Å²) in [6, 6.07) is 5.71. The number of carbonyl (C=O) groups is 1. The van der Waals surface area contributed by atoms with Crippen molar-refractivity contribution in [2.45, 2.75) is 32.4 Å². The van der Waals surface area contributed by atoms with Gasteiger partial charge in [-0.15, -0.1) is 11.6 Å². The van der Waals surface area contributed by atoms with Crippen molar-refractivity contribution in [3.63, 3.8) is 0 Å². The summed E-state index contributed by atoms with van der Waals surface area (Å²) < 4.78 is 12.9. The Morgan fingerprint density at radius 2 is 2.00 bits per heavy atom. The van der Waals surface area contributed by atoms with Gasteiger partial charge >= 0.3 is 0 Å². The largest absolute Gasteiger partial charge is 0.502 e. The fraction of sp³-hybridized carbons (Fsp3) is 0.389. The molecule has 1 amide bonds. The smallest absolute Gasteiger partial charge is 0.293 e. The van der Waals surface area contributed by atoms with Crippen molar-refractivity contribution in [3.8, 4) is 5.75 Å². The molecule has 0 saturated carbocycles. The van der Waals surface area contributed by atoms with Crippen molar-refractivity contribution in [1.82, 2.24) is 20.6 Å². The molecule has 0 bridgehead atoms. The minimum atomic E-state index is -0.720. The minimum Gasteiger partial charge on any atom is -0.502 e. The Balaban J connectivity index is 2.11. The lowest BCUT2D eigenvalue weighted by atomic mass is 10.0. The highest BCUT2D eigenvalue weighted by Crippen LogP contribution is 2.18.